The first kappa shape index (κ1) is 22.0. The van der Waals surface area contributed by atoms with Crippen LogP contribution in [0.4, 0.5) is 15.0 Å². The van der Waals surface area contributed by atoms with Gasteiger partial charge in [-0.25, -0.2) is 14.2 Å². The van der Waals surface area contributed by atoms with Crippen molar-refractivity contribution >= 4 is 23.5 Å². The van der Waals surface area contributed by atoms with Crippen molar-refractivity contribution in [2.45, 2.75) is 59.0 Å². The molecule has 0 aromatic carbocycles. The van der Waals surface area contributed by atoms with Gasteiger partial charge in [0.25, 0.3) is 0 Å². The fourth-order valence-corrected chi connectivity index (χ4v) is 2.90. The summed E-state index contributed by atoms with van der Waals surface area (Å²) in [6.45, 7) is 9.77. The first-order valence-electron chi connectivity index (χ1n) is 8.49. The summed E-state index contributed by atoms with van der Waals surface area (Å²) in [5.74, 6) is -0.388. The monoisotopic (exact) mass is 384 g/mol. The Labute approximate surface area is 159 Å². The fraction of sp³-hybridized carbons (Fsp3) is 0.611. The van der Waals surface area contributed by atoms with E-state index in [9.17, 15) is 14.3 Å². The number of aromatic nitrogens is 1. The molecule has 26 heavy (non-hydrogen) atoms. The van der Waals surface area contributed by atoms with Crippen LogP contribution in [0, 0.1) is 23.1 Å². The molecule has 1 heterocycles. The number of anilines is 1. The highest BCUT2D eigenvalue weighted by Crippen LogP contribution is 2.24. The van der Waals surface area contributed by atoms with Crippen LogP contribution in [0.5, 0.6) is 0 Å². The molecular weight excluding hydrogens is 359 g/mol. The largest absolute Gasteiger partial charge is 0.465 e. The zero-order valence-electron chi connectivity index (χ0n) is 15.8. The number of amides is 1. The predicted octanol–water partition coefficient (Wildman–Crippen LogP) is 4.74. The van der Waals surface area contributed by atoms with Crippen LogP contribution in [0.3, 0.4) is 0 Å². The molecule has 0 spiro atoms. The molecule has 0 radical (unpaired) electrons. The average molecular weight is 385 g/mol. The molecule has 144 valence electrons. The van der Waals surface area contributed by atoms with E-state index in [4.69, 9.17) is 16.9 Å². The lowest BCUT2D eigenvalue weighted by Gasteiger charge is -2.40. The quantitative estimate of drug-likeness (QED) is 0.662. The lowest BCUT2D eigenvalue weighted by atomic mass is 9.97. The molecule has 6 nitrogen and oxygen atoms in total. The number of halogens is 2. The summed E-state index contributed by atoms with van der Waals surface area (Å²) in [6.07, 6.45) is 0.426. The van der Waals surface area contributed by atoms with Crippen molar-refractivity contribution in [2.24, 2.45) is 5.92 Å². The smallest absolute Gasteiger partial charge is 0.408 e. The Morgan fingerprint density at radius 3 is 2.54 bits per heavy atom. The van der Waals surface area contributed by atoms with E-state index in [0.717, 1.165) is 12.5 Å². The van der Waals surface area contributed by atoms with Crippen LogP contribution in [0.25, 0.3) is 0 Å². The lowest BCUT2D eigenvalue weighted by molar-refractivity contribution is 0.0691. The number of pyridine rings is 1. The normalized spacial score (nSPS) is 12.6. The van der Waals surface area contributed by atoms with Crippen LogP contribution in [0.1, 0.15) is 53.0 Å². The van der Waals surface area contributed by atoms with Crippen molar-refractivity contribution in [3.63, 3.8) is 0 Å². The standard InChI is InChI=1S/C18H26ClFN4O2/c1-11(2)6-7-13(24(17(25)26)18(3,4)5)10-22-16-14(20)8-12(9-21)15(19)23-16/h8,11,13H,6-7,10H2,1-5H3,(H,22,23)(H,25,26). The number of carboxylic acid groups (broad SMARTS) is 1. The maximum atomic E-state index is 14.1. The van der Waals surface area contributed by atoms with Gasteiger partial charge in [0.15, 0.2) is 11.6 Å². The van der Waals surface area contributed by atoms with E-state index in [1.165, 1.54) is 4.90 Å². The number of hydrogen-bond donors (Lipinski definition) is 2. The minimum atomic E-state index is -1.03. The molecule has 2 N–H and O–H groups in total. The van der Waals surface area contributed by atoms with E-state index >= 15 is 0 Å². The topological polar surface area (TPSA) is 89.3 Å². The Bertz CT molecular complexity index is 683. The SMILES string of the molecule is CC(C)CCC(CNc1nc(Cl)c(C#N)cc1F)N(C(=O)O)C(C)(C)C. The van der Waals surface area contributed by atoms with Gasteiger partial charge >= 0.3 is 6.09 Å². The van der Waals surface area contributed by atoms with Gasteiger partial charge in [-0.15, -0.1) is 0 Å². The van der Waals surface area contributed by atoms with Crippen LogP contribution >= 0.6 is 11.6 Å². The van der Waals surface area contributed by atoms with Crippen LogP contribution in [-0.4, -0.2) is 39.2 Å². The maximum Gasteiger partial charge on any atom is 0.408 e. The summed E-state index contributed by atoms with van der Waals surface area (Å²) in [5, 5.41) is 21.3. The molecule has 1 amide bonds. The Morgan fingerprint density at radius 1 is 1.46 bits per heavy atom. The summed E-state index contributed by atoms with van der Waals surface area (Å²) in [5.41, 5.74) is -0.656. The van der Waals surface area contributed by atoms with E-state index in [-0.39, 0.29) is 29.1 Å². The average Bonchev–Trinajstić information content (AvgIpc) is 2.50. The minimum absolute atomic E-state index is 0.0482. The predicted molar refractivity (Wildman–Crippen MR) is 99.9 cm³/mol. The molecule has 1 aromatic rings. The van der Waals surface area contributed by atoms with Crippen molar-refractivity contribution in [1.82, 2.24) is 9.88 Å². The van der Waals surface area contributed by atoms with Crippen LogP contribution < -0.4 is 5.32 Å². The van der Waals surface area contributed by atoms with E-state index in [0.29, 0.717) is 12.3 Å². The molecular formula is C18H26ClFN4O2. The maximum absolute atomic E-state index is 14.1. The number of nitriles is 1. The van der Waals surface area contributed by atoms with Gasteiger partial charge < -0.3 is 10.4 Å². The molecule has 1 unspecified atom stereocenters. The van der Waals surface area contributed by atoms with Gasteiger partial charge in [-0.1, -0.05) is 25.4 Å². The van der Waals surface area contributed by atoms with E-state index in [1.807, 2.05) is 20.8 Å². The van der Waals surface area contributed by atoms with Gasteiger partial charge in [-0.05, 0) is 45.6 Å². The molecule has 0 aliphatic rings. The number of carbonyl (C=O) groups is 1. The number of nitrogens with one attached hydrogen (secondary N) is 1. The summed E-state index contributed by atoms with van der Waals surface area (Å²) in [4.78, 5) is 17.0. The molecule has 0 aliphatic carbocycles. The van der Waals surface area contributed by atoms with Crippen LogP contribution in [0.15, 0.2) is 6.07 Å². The molecule has 1 atom stereocenters. The zero-order chi connectivity index (χ0) is 20.1. The lowest BCUT2D eigenvalue weighted by Crippen LogP contribution is -2.53. The number of nitrogens with zero attached hydrogens (tertiary/aromatic N) is 3. The van der Waals surface area contributed by atoms with Crippen molar-refractivity contribution in [3.05, 3.63) is 22.6 Å². The van der Waals surface area contributed by atoms with Gasteiger partial charge in [0.1, 0.15) is 11.2 Å². The molecule has 0 fully saturated rings. The van der Waals surface area contributed by atoms with Gasteiger partial charge in [0.05, 0.1) is 11.6 Å². The van der Waals surface area contributed by atoms with E-state index < -0.39 is 17.4 Å². The van der Waals surface area contributed by atoms with E-state index in [2.05, 4.69) is 24.1 Å². The molecule has 0 saturated carbocycles. The highest BCUT2D eigenvalue weighted by Gasteiger charge is 2.33. The van der Waals surface area contributed by atoms with Crippen molar-refractivity contribution in [3.8, 4) is 6.07 Å². The first-order chi connectivity index (χ1) is 12.0. The summed E-state index contributed by atoms with van der Waals surface area (Å²) in [6, 6.07) is 2.41. The highest BCUT2D eigenvalue weighted by molar-refractivity contribution is 6.30. The van der Waals surface area contributed by atoms with Crippen molar-refractivity contribution in [2.75, 3.05) is 11.9 Å². The van der Waals surface area contributed by atoms with Gasteiger partial charge in [-0.2, -0.15) is 5.26 Å². The zero-order valence-corrected chi connectivity index (χ0v) is 16.6. The number of rotatable bonds is 7. The Morgan fingerprint density at radius 2 is 2.08 bits per heavy atom. The van der Waals surface area contributed by atoms with Crippen LogP contribution in [0.2, 0.25) is 5.15 Å². The molecule has 1 rings (SSSR count). The highest BCUT2D eigenvalue weighted by atomic mass is 35.5. The molecule has 0 bridgehead atoms. The molecule has 0 aliphatic heterocycles. The summed E-state index contributed by atoms with van der Waals surface area (Å²) >= 11 is 5.86. The van der Waals surface area contributed by atoms with Crippen molar-refractivity contribution in [1.29, 1.82) is 5.26 Å². The van der Waals surface area contributed by atoms with Gasteiger partial charge in [-0.3, -0.25) is 4.90 Å². The molecule has 1 aromatic heterocycles. The molecule has 8 heteroatoms. The fourth-order valence-electron chi connectivity index (χ4n) is 2.72. The second kappa shape index (κ2) is 9.04. The first-order valence-corrected chi connectivity index (χ1v) is 8.87. The third kappa shape index (κ3) is 6.03. The Hall–Kier alpha value is -2.07. The Balaban J connectivity index is 3.05. The molecule has 0 saturated heterocycles. The second-order valence-corrected chi connectivity index (χ2v) is 7.96. The minimum Gasteiger partial charge on any atom is -0.465 e. The van der Waals surface area contributed by atoms with Crippen LogP contribution in [-0.2, 0) is 0 Å². The summed E-state index contributed by atoms with van der Waals surface area (Å²) < 4.78 is 14.1. The second-order valence-electron chi connectivity index (χ2n) is 7.60. The number of hydrogen-bond acceptors (Lipinski definition) is 4. The van der Waals surface area contributed by atoms with Gasteiger partial charge in [0.2, 0.25) is 0 Å². The van der Waals surface area contributed by atoms with E-state index in [1.54, 1.807) is 6.07 Å². The third-order valence-corrected chi connectivity index (χ3v) is 4.21. The summed E-state index contributed by atoms with van der Waals surface area (Å²) in [7, 11) is 0. The third-order valence-electron chi connectivity index (χ3n) is 3.93. The van der Waals surface area contributed by atoms with Crippen molar-refractivity contribution < 1.29 is 14.3 Å². The van der Waals surface area contributed by atoms with Gasteiger partial charge in [0, 0.05) is 12.1 Å². The Kier molecular flexibility index (Phi) is 7.64.